The molecule has 0 aliphatic heterocycles. The van der Waals surface area contributed by atoms with E-state index in [4.69, 9.17) is 10.5 Å². The van der Waals surface area contributed by atoms with Gasteiger partial charge in [-0.2, -0.15) is 0 Å². The average Bonchev–Trinajstić information content (AvgIpc) is 2.50. The summed E-state index contributed by atoms with van der Waals surface area (Å²) in [6.45, 7) is 2.45. The number of ether oxygens (including phenoxy) is 1. The summed E-state index contributed by atoms with van der Waals surface area (Å²) in [5.74, 6) is 0.681. The number of amides is 1. The van der Waals surface area contributed by atoms with E-state index >= 15 is 0 Å². The standard InChI is InChI=1S/C17H20N2O2/c1-12-5-3-8-15(16(12)18)17(20)19-10-9-13-6-4-7-14(11-13)21-2/h3-8,11H,9-10,18H2,1-2H3,(H,19,20). The molecule has 0 heterocycles. The van der Waals surface area contributed by atoms with Gasteiger partial charge in [0.2, 0.25) is 0 Å². The molecule has 3 N–H and O–H groups in total. The first-order valence-electron chi connectivity index (χ1n) is 6.88. The first-order chi connectivity index (χ1) is 10.1. The highest BCUT2D eigenvalue weighted by Gasteiger charge is 2.10. The van der Waals surface area contributed by atoms with Gasteiger partial charge in [0.05, 0.1) is 12.7 Å². The third kappa shape index (κ3) is 3.75. The topological polar surface area (TPSA) is 64.3 Å². The van der Waals surface area contributed by atoms with Crippen LogP contribution < -0.4 is 15.8 Å². The van der Waals surface area contributed by atoms with Gasteiger partial charge in [-0.25, -0.2) is 0 Å². The number of nitrogen functional groups attached to an aromatic ring is 1. The number of carbonyl (C=O) groups excluding carboxylic acids is 1. The molecule has 1 amide bonds. The monoisotopic (exact) mass is 284 g/mol. The summed E-state index contributed by atoms with van der Waals surface area (Å²) in [6, 6.07) is 13.3. The van der Waals surface area contributed by atoms with Crippen molar-refractivity contribution >= 4 is 11.6 Å². The molecule has 2 rings (SSSR count). The molecule has 0 atom stereocenters. The number of benzene rings is 2. The number of hydrogen-bond acceptors (Lipinski definition) is 3. The van der Waals surface area contributed by atoms with E-state index in [-0.39, 0.29) is 5.91 Å². The van der Waals surface area contributed by atoms with Gasteiger partial charge in [0.25, 0.3) is 5.91 Å². The van der Waals surface area contributed by atoms with Crippen molar-refractivity contribution in [2.75, 3.05) is 19.4 Å². The van der Waals surface area contributed by atoms with Gasteiger partial charge in [-0.05, 0) is 42.7 Å². The Morgan fingerprint density at radius 1 is 1.24 bits per heavy atom. The zero-order valence-electron chi connectivity index (χ0n) is 12.3. The summed E-state index contributed by atoms with van der Waals surface area (Å²) in [7, 11) is 1.64. The van der Waals surface area contributed by atoms with Gasteiger partial charge in [-0.1, -0.05) is 24.3 Å². The molecular formula is C17H20N2O2. The molecule has 0 bridgehead atoms. The molecule has 2 aromatic carbocycles. The summed E-state index contributed by atoms with van der Waals surface area (Å²) in [4.78, 5) is 12.1. The Hall–Kier alpha value is -2.49. The number of nitrogens with two attached hydrogens (primary N) is 1. The van der Waals surface area contributed by atoms with Crippen LogP contribution in [0.3, 0.4) is 0 Å². The van der Waals surface area contributed by atoms with Gasteiger partial charge < -0.3 is 15.8 Å². The van der Waals surface area contributed by atoms with Crippen molar-refractivity contribution in [2.24, 2.45) is 0 Å². The van der Waals surface area contributed by atoms with Crippen molar-refractivity contribution in [3.63, 3.8) is 0 Å². The zero-order valence-corrected chi connectivity index (χ0v) is 12.3. The Kier molecular flexibility index (Phi) is 4.82. The van der Waals surface area contributed by atoms with Crippen molar-refractivity contribution in [3.8, 4) is 5.75 Å². The van der Waals surface area contributed by atoms with E-state index in [1.165, 1.54) is 0 Å². The molecular weight excluding hydrogens is 264 g/mol. The summed E-state index contributed by atoms with van der Waals surface area (Å²) in [5.41, 5.74) is 9.02. The fraction of sp³-hybridized carbons (Fsp3) is 0.235. The van der Waals surface area contributed by atoms with E-state index in [0.29, 0.717) is 17.8 Å². The van der Waals surface area contributed by atoms with Crippen LogP contribution >= 0.6 is 0 Å². The van der Waals surface area contributed by atoms with E-state index < -0.39 is 0 Å². The molecule has 0 aliphatic rings. The number of anilines is 1. The lowest BCUT2D eigenvalue weighted by Gasteiger charge is -2.09. The summed E-state index contributed by atoms with van der Waals surface area (Å²) < 4.78 is 5.18. The van der Waals surface area contributed by atoms with Gasteiger partial charge >= 0.3 is 0 Å². The molecule has 0 fully saturated rings. The van der Waals surface area contributed by atoms with Crippen LogP contribution in [0.1, 0.15) is 21.5 Å². The van der Waals surface area contributed by atoms with E-state index in [2.05, 4.69) is 5.32 Å². The molecule has 0 saturated carbocycles. The minimum atomic E-state index is -0.140. The molecule has 0 saturated heterocycles. The lowest BCUT2D eigenvalue weighted by molar-refractivity contribution is 0.0955. The van der Waals surface area contributed by atoms with E-state index in [1.54, 1.807) is 13.2 Å². The summed E-state index contributed by atoms with van der Waals surface area (Å²) >= 11 is 0. The highest BCUT2D eigenvalue weighted by molar-refractivity contribution is 5.99. The minimum Gasteiger partial charge on any atom is -0.497 e. The number of rotatable bonds is 5. The Labute approximate surface area is 124 Å². The molecule has 2 aromatic rings. The highest BCUT2D eigenvalue weighted by atomic mass is 16.5. The second-order valence-electron chi connectivity index (χ2n) is 4.89. The summed E-state index contributed by atoms with van der Waals surface area (Å²) in [6.07, 6.45) is 0.745. The van der Waals surface area contributed by atoms with Gasteiger partial charge in [-0.3, -0.25) is 4.79 Å². The lowest BCUT2D eigenvalue weighted by atomic mass is 10.1. The fourth-order valence-electron chi connectivity index (χ4n) is 2.12. The molecule has 110 valence electrons. The molecule has 4 heteroatoms. The normalized spacial score (nSPS) is 10.2. The molecule has 0 radical (unpaired) electrons. The van der Waals surface area contributed by atoms with Crippen LogP contribution in [-0.2, 0) is 6.42 Å². The van der Waals surface area contributed by atoms with Crippen LogP contribution in [0.5, 0.6) is 5.75 Å². The maximum absolute atomic E-state index is 12.1. The number of para-hydroxylation sites is 1. The van der Waals surface area contributed by atoms with Crippen LogP contribution in [0.4, 0.5) is 5.69 Å². The van der Waals surface area contributed by atoms with Crippen molar-refractivity contribution in [1.29, 1.82) is 0 Å². The van der Waals surface area contributed by atoms with E-state index in [9.17, 15) is 4.79 Å². The second kappa shape index (κ2) is 6.79. The molecule has 0 spiro atoms. The van der Waals surface area contributed by atoms with Crippen LogP contribution in [0.15, 0.2) is 42.5 Å². The van der Waals surface area contributed by atoms with Crippen LogP contribution in [0, 0.1) is 6.92 Å². The minimum absolute atomic E-state index is 0.140. The van der Waals surface area contributed by atoms with Crippen molar-refractivity contribution in [2.45, 2.75) is 13.3 Å². The predicted molar refractivity (Wildman–Crippen MR) is 84.6 cm³/mol. The maximum Gasteiger partial charge on any atom is 0.253 e. The number of aryl methyl sites for hydroxylation is 1. The zero-order chi connectivity index (χ0) is 15.2. The first-order valence-corrected chi connectivity index (χ1v) is 6.88. The maximum atomic E-state index is 12.1. The first kappa shape index (κ1) is 14.9. The van der Waals surface area contributed by atoms with Crippen molar-refractivity contribution < 1.29 is 9.53 Å². The molecule has 21 heavy (non-hydrogen) atoms. The van der Waals surface area contributed by atoms with Crippen molar-refractivity contribution in [3.05, 3.63) is 59.2 Å². The second-order valence-corrected chi connectivity index (χ2v) is 4.89. The predicted octanol–water partition coefficient (Wildman–Crippen LogP) is 2.56. The number of methoxy groups -OCH3 is 1. The Morgan fingerprint density at radius 3 is 2.76 bits per heavy atom. The number of carbonyl (C=O) groups is 1. The van der Waals surface area contributed by atoms with Gasteiger partial charge in [0.1, 0.15) is 5.75 Å². The van der Waals surface area contributed by atoms with Crippen molar-refractivity contribution in [1.82, 2.24) is 5.32 Å². The van der Waals surface area contributed by atoms with Gasteiger partial charge in [-0.15, -0.1) is 0 Å². The van der Waals surface area contributed by atoms with Crippen LogP contribution in [-0.4, -0.2) is 19.6 Å². The molecule has 0 aromatic heterocycles. The Bertz CT molecular complexity index is 638. The third-order valence-electron chi connectivity index (χ3n) is 3.40. The number of nitrogens with one attached hydrogen (secondary N) is 1. The van der Waals surface area contributed by atoms with Gasteiger partial charge in [0, 0.05) is 12.2 Å². The fourth-order valence-corrected chi connectivity index (χ4v) is 2.12. The van der Waals surface area contributed by atoms with E-state index in [1.807, 2.05) is 43.3 Å². The van der Waals surface area contributed by atoms with Gasteiger partial charge in [0.15, 0.2) is 0 Å². The Morgan fingerprint density at radius 2 is 2.00 bits per heavy atom. The largest absolute Gasteiger partial charge is 0.497 e. The average molecular weight is 284 g/mol. The molecule has 0 unspecified atom stereocenters. The lowest BCUT2D eigenvalue weighted by Crippen LogP contribution is -2.26. The van der Waals surface area contributed by atoms with E-state index in [0.717, 1.165) is 23.3 Å². The Balaban J connectivity index is 1.94. The molecule has 0 aliphatic carbocycles. The third-order valence-corrected chi connectivity index (χ3v) is 3.40. The van der Waals surface area contributed by atoms with Crippen LogP contribution in [0.2, 0.25) is 0 Å². The molecule has 4 nitrogen and oxygen atoms in total. The quantitative estimate of drug-likeness (QED) is 0.829. The number of hydrogen-bond donors (Lipinski definition) is 2. The summed E-state index contributed by atoms with van der Waals surface area (Å²) in [5, 5.41) is 2.89. The van der Waals surface area contributed by atoms with Crippen LogP contribution in [0.25, 0.3) is 0 Å². The highest BCUT2D eigenvalue weighted by Crippen LogP contribution is 2.16. The smallest absolute Gasteiger partial charge is 0.253 e. The SMILES string of the molecule is COc1cccc(CCNC(=O)c2cccc(C)c2N)c1.